The molecule has 0 saturated carbocycles. The molecule has 0 aliphatic carbocycles. The van der Waals surface area contributed by atoms with Crippen LogP contribution in [-0.4, -0.2) is 56.6 Å². The van der Waals surface area contributed by atoms with E-state index in [0.717, 1.165) is 0 Å². The molecular formula is C30H39N3O7S. The highest BCUT2D eigenvalue weighted by molar-refractivity contribution is 7.73. The number of aliphatic hydroxyl groups is 1. The Hall–Kier alpha value is -3.43. The number of benzene rings is 2. The molecule has 1 fully saturated rings. The summed E-state index contributed by atoms with van der Waals surface area (Å²) in [6.07, 6.45) is 0.263. The van der Waals surface area contributed by atoms with Gasteiger partial charge in [-0.15, -0.1) is 0 Å². The maximum atomic E-state index is 13.2. The number of nitrogens with zero attached hydrogens (tertiary/aromatic N) is 1. The van der Waals surface area contributed by atoms with Crippen molar-refractivity contribution in [1.82, 2.24) is 5.32 Å². The molecule has 4 N–H and O–H groups in total. The number of alkyl carbamates (subject to hydrolysis) is 1. The summed E-state index contributed by atoms with van der Waals surface area (Å²) < 4.78 is 42.2. The second-order valence-electron chi connectivity index (χ2n) is 11.1. The van der Waals surface area contributed by atoms with Crippen molar-refractivity contribution in [2.75, 3.05) is 20.3 Å². The normalized spacial score (nSPS) is 17.9. The van der Waals surface area contributed by atoms with E-state index in [1.54, 1.807) is 36.4 Å². The summed E-state index contributed by atoms with van der Waals surface area (Å²) in [5, 5.41) is 24.4. The standard InChI is InChI=1S/C30H39N3O7S/c1-28(2,16-7-8-17-31)20-26(41(36)37)30(35,23-11-13-24(38-3)14-12-23)29(32,19-22-9-5-4-6-10-22)33-27(34)40-25-15-18-39-21-25/h4-6,9-14,25,35H,7-8,15-16,18-21,32H2,1-3H3,(H,33,34). The summed E-state index contributed by atoms with van der Waals surface area (Å²) in [7, 11) is -1.44. The van der Waals surface area contributed by atoms with E-state index in [0.29, 0.717) is 43.6 Å². The predicted molar refractivity (Wildman–Crippen MR) is 155 cm³/mol. The largest absolute Gasteiger partial charge is 0.497 e. The van der Waals surface area contributed by atoms with E-state index in [2.05, 4.69) is 11.4 Å². The van der Waals surface area contributed by atoms with Crippen molar-refractivity contribution in [3.8, 4) is 11.8 Å². The summed E-state index contributed by atoms with van der Waals surface area (Å²) in [5.41, 5.74) is 2.66. The number of nitrogens with one attached hydrogen (secondary N) is 1. The number of methoxy groups -OCH3 is 1. The molecule has 3 atom stereocenters. The molecule has 3 unspecified atom stereocenters. The average Bonchev–Trinajstić information content (AvgIpc) is 3.44. The van der Waals surface area contributed by atoms with Crippen molar-refractivity contribution < 1.29 is 32.5 Å². The van der Waals surface area contributed by atoms with Gasteiger partial charge in [-0.1, -0.05) is 56.3 Å². The highest BCUT2D eigenvalue weighted by Gasteiger charge is 2.55. The number of amides is 1. The van der Waals surface area contributed by atoms with Crippen molar-refractivity contribution in [2.45, 2.75) is 69.7 Å². The Morgan fingerprint density at radius 2 is 1.88 bits per heavy atom. The highest BCUT2D eigenvalue weighted by atomic mass is 32.2. The summed E-state index contributed by atoms with van der Waals surface area (Å²) in [4.78, 5) is 12.9. The number of hydrogen-bond donors (Lipinski definition) is 3. The van der Waals surface area contributed by atoms with Crippen LogP contribution in [-0.2, 0) is 31.8 Å². The van der Waals surface area contributed by atoms with E-state index in [-0.39, 0.29) is 29.9 Å². The minimum Gasteiger partial charge on any atom is -0.497 e. The van der Waals surface area contributed by atoms with Gasteiger partial charge in [-0.25, -0.2) is 4.79 Å². The maximum Gasteiger partial charge on any atom is 0.409 e. The van der Waals surface area contributed by atoms with E-state index in [9.17, 15) is 18.3 Å². The average molecular weight is 586 g/mol. The molecule has 0 bridgehead atoms. The third kappa shape index (κ3) is 8.07. The molecule has 10 nitrogen and oxygen atoms in total. The van der Waals surface area contributed by atoms with Gasteiger partial charge in [0.15, 0.2) is 5.60 Å². The Labute approximate surface area is 242 Å². The van der Waals surface area contributed by atoms with Crippen LogP contribution >= 0.6 is 0 Å². The Kier molecular flexibility index (Phi) is 10.9. The van der Waals surface area contributed by atoms with Gasteiger partial charge in [-0.2, -0.15) is 13.7 Å². The van der Waals surface area contributed by atoms with E-state index in [1.165, 1.54) is 19.2 Å². The molecule has 1 amide bonds. The molecular weight excluding hydrogens is 546 g/mol. The predicted octanol–water partition coefficient (Wildman–Crippen LogP) is 3.46. The molecule has 2 aromatic carbocycles. The minimum absolute atomic E-state index is 0.0853. The first-order valence-corrected chi connectivity index (χ1v) is 14.6. The van der Waals surface area contributed by atoms with Crippen LogP contribution < -0.4 is 15.8 Å². The third-order valence-electron chi connectivity index (χ3n) is 7.35. The highest BCUT2D eigenvalue weighted by Crippen LogP contribution is 2.40. The Bertz CT molecular complexity index is 1340. The zero-order valence-electron chi connectivity index (χ0n) is 23.8. The van der Waals surface area contributed by atoms with Crippen molar-refractivity contribution >= 4 is 21.3 Å². The van der Waals surface area contributed by atoms with Crippen LogP contribution in [0.2, 0.25) is 0 Å². The van der Waals surface area contributed by atoms with Gasteiger partial charge in [0.05, 0.1) is 31.3 Å². The number of carbonyl (C=O) groups is 1. The molecule has 1 heterocycles. The van der Waals surface area contributed by atoms with E-state index in [1.807, 2.05) is 19.9 Å². The number of nitrogens with two attached hydrogens (primary N) is 1. The molecule has 0 aromatic heterocycles. The van der Waals surface area contributed by atoms with Crippen molar-refractivity contribution in [3.63, 3.8) is 0 Å². The van der Waals surface area contributed by atoms with Gasteiger partial charge in [0, 0.05) is 19.3 Å². The molecule has 41 heavy (non-hydrogen) atoms. The second kappa shape index (κ2) is 14.0. The third-order valence-corrected chi connectivity index (χ3v) is 8.19. The number of rotatable bonds is 13. The molecule has 1 saturated heterocycles. The fourth-order valence-corrected chi connectivity index (χ4v) is 6.18. The molecule has 11 heteroatoms. The summed E-state index contributed by atoms with van der Waals surface area (Å²) in [6, 6.07) is 17.2. The van der Waals surface area contributed by atoms with Crippen molar-refractivity contribution in [3.05, 3.63) is 65.7 Å². The minimum atomic E-state index is -2.93. The first kappa shape index (κ1) is 32.1. The summed E-state index contributed by atoms with van der Waals surface area (Å²) >= 11 is 0. The smallest absolute Gasteiger partial charge is 0.409 e. The lowest BCUT2D eigenvalue weighted by molar-refractivity contribution is -0.00367. The lowest BCUT2D eigenvalue weighted by Crippen LogP contribution is -2.73. The lowest BCUT2D eigenvalue weighted by atomic mass is 9.71. The zero-order valence-corrected chi connectivity index (χ0v) is 24.6. The van der Waals surface area contributed by atoms with Crippen LogP contribution in [0.15, 0.2) is 54.6 Å². The zero-order chi connectivity index (χ0) is 30.1. The lowest BCUT2D eigenvalue weighted by Gasteiger charge is -2.46. The molecule has 1 aliphatic heterocycles. The van der Waals surface area contributed by atoms with Gasteiger partial charge in [0.2, 0.25) is 10.3 Å². The topological polar surface area (TPSA) is 161 Å². The van der Waals surface area contributed by atoms with Crippen molar-refractivity contribution in [1.29, 1.82) is 5.26 Å². The van der Waals surface area contributed by atoms with Gasteiger partial charge < -0.3 is 25.1 Å². The van der Waals surface area contributed by atoms with Crippen LogP contribution in [0.4, 0.5) is 4.79 Å². The summed E-state index contributed by atoms with van der Waals surface area (Å²) in [6.45, 7) is 4.40. The molecule has 0 radical (unpaired) electrons. The Morgan fingerprint density at radius 1 is 1.20 bits per heavy atom. The second-order valence-corrected chi connectivity index (χ2v) is 12.1. The van der Waals surface area contributed by atoms with Crippen LogP contribution in [0.5, 0.6) is 5.75 Å². The van der Waals surface area contributed by atoms with Gasteiger partial charge in [0.1, 0.15) is 17.5 Å². The number of hydrogen-bond acceptors (Lipinski definition) is 9. The Morgan fingerprint density at radius 3 is 2.44 bits per heavy atom. The first-order valence-electron chi connectivity index (χ1n) is 13.5. The van der Waals surface area contributed by atoms with Crippen LogP contribution in [0, 0.1) is 16.7 Å². The fraction of sp³-hybridized carbons (Fsp3) is 0.500. The van der Waals surface area contributed by atoms with Gasteiger partial charge in [-0.3, -0.25) is 5.32 Å². The van der Waals surface area contributed by atoms with Gasteiger partial charge >= 0.3 is 6.09 Å². The van der Waals surface area contributed by atoms with E-state index < -0.39 is 39.2 Å². The maximum absolute atomic E-state index is 13.2. The van der Waals surface area contributed by atoms with Gasteiger partial charge in [-0.05, 0) is 47.9 Å². The quantitative estimate of drug-likeness (QED) is 0.182. The molecule has 2 aromatic rings. The number of nitriles is 1. The van der Waals surface area contributed by atoms with E-state index in [4.69, 9.17) is 25.2 Å². The van der Waals surface area contributed by atoms with Gasteiger partial charge in [0.25, 0.3) is 0 Å². The molecule has 222 valence electrons. The molecule has 3 rings (SSSR count). The SMILES string of the molecule is COc1ccc(C(O)(C(CC(C)(C)CCCC#N)=S(=O)=O)C(N)(Cc2ccccc2)NC(=O)OC2CCOC2)cc1. The number of unbranched alkanes of at least 4 members (excludes halogenated alkanes) is 1. The first-order chi connectivity index (χ1) is 19.4. The van der Waals surface area contributed by atoms with Crippen molar-refractivity contribution in [2.24, 2.45) is 11.1 Å². The molecule has 0 spiro atoms. The van der Waals surface area contributed by atoms with E-state index >= 15 is 0 Å². The summed E-state index contributed by atoms with van der Waals surface area (Å²) in [5.74, 6) is 0.483. The fourth-order valence-electron chi connectivity index (χ4n) is 5.13. The Balaban J connectivity index is 2.19. The van der Waals surface area contributed by atoms with Crippen LogP contribution in [0.1, 0.15) is 57.1 Å². The molecule has 1 aliphatic rings. The number of carbonyl (C=O) groups excluding carboxylic acids is 1. The number of ether oxygens (including phenoxy) is 3. The monoisotopic (exact) mass is 585 g/mol. The van der Waals surface area contributed by atoms with Crippen LogP contribution in [0.25, 0.3) is 0 Å². The van der Waals surface area contributed by atoms with Crippen LogP contribution in [0.3, 0.4) is 0 Å².